The van der Waals surface area contributed by atoms with Crippen molar-refractivity contribution < 1.29 is 0 Å². The smallest absolute Gasteiger partial charge is 0.141 e. The highest BCUT2D eigenvalue weighted by Gasteiger charge is 2.04. The van der Waals surface area contributed by atoms with E-state index in [2.05, 4.69) is 43.9 Å². The SMILES string of the molecule is Clc1cccc(Nc2ncnc3ccc(I)cc23)c1. The first-order chi connectivity index (χ1) is 9.22. The van der Waals surface area contributed by atoms with Gasteiger partial charge in [-0.2, -0.15) is 0 Å². The Bertz CT molecular complexity index is 746. The molecule has 3 rings (SSSR count). The summed E-state index contributed by atoms with van der Waals surface area (Å²) >= 11 is 8.26. The van der Waals surface area contributed by atoms with E-state index in [1.807, 2.05) is 36.4 Å². The predicted octanol–water partition coefficient (Wildman–Crippen LogP) is 4.63. The van der Waals surface area contributed by atoms with Gasteiger partial charge >= 0.3 is 0 Å². The van der Waals surface area contributed by atoms with Crippen molar-refractivity contribution >= 4 is 56.6 Å². The molecule has 0 atom stereocenters. The molecule has 3 aromatic rings. The van der Waals surface area contributed by atoms with Crippen molar-refractivity contribution in [3.05, 3.63) is 57.4 Å². The van der Waals surface area contributed by atoms with E-state index in [1.54, 1.807) is 6.33 Å². The second kappa shape index (κ2) is 5.30. The second-order valence-corrected chi connectivity index (χ2v) is 5.70. The van der Waals surface area contributed by atoms with Crippen LogP contribution < -0.4 is 5.32 Å². The van der Waals surface area contributed by atoms with Gasteiger partial charge in [-0.15, -0.1) is 0 Å². The molecular formula is C14H9ClIN3. The fourth-order valence-corrected chi connectivity index (χ4v) is 2.51. The third-order valence-electron chi connectivity index (χ3n) is 2.68. The Morgan fingerprint density at radius 3 is 2.79 bits per heavy atom. The van der Waals surface area contributed by atoms with Crippen LogP contribution in [-0.2, 0) is 0 Å². The summed E-state index contributed by atoms with van der Waals surface area (Å²) in [5.41, 5.74) is 1.83. The van der Waals surface area contributed by atoms with Gasteiger partial charge in [-0.1, -0.05) is 17.7 Å². The molecule has 0 amide bonds. The van der Waals surface area contributed by atoms with Gasteiger partial charge in [0.15, 0.2) is 0 Å². The zero-order valence-corrected chi connectivity index (χ0v) is 12.7. The Morgan fingerprint density at radius 2 is 1.95 bits per heavy atom. The molecule has 0 aliphatic carbocycles. The van der Waals surface area contributed by atoms with Crippen LogP contribution in [0.4, 0.5) is 11.5 Å². The largest absolute Gasteiger partial charge is 0.340 e. The minimum absolute atomic E-state index is 0.693. The molecule has 0 bridgehead atoms. The molecule has 3 nitrogen and oxygen atoms in total. The van der Waals surface area contributed by atoms with Crippen molar-refractivity contribution in [2.24, 2.45) is 0 Å². The van der Waals surface area contributed by atoms with E-state index < -0.39 is 0 Å². The molecule has 0 spiro atoms. The van der Waals surface area contributed by atoms with Crippen LogP contribution in [0.15, 0.2) is 48.8 Å². The molecule has 1 aromatic heterocycles. The van der Waals surface area contributed by atoms with Gasteiger partial charge in [-0.05, 0) is 59.0 Å². The van der Waals surface area contributed by atoms with E-state index in [0.717, 1.165) is 26.0 Å². The number of nitrogens with zero attached hydrogens (tertiary/aromatic N) is 2. The number of fused-ring (bicyclic) bond motifs is 1. The molecule has 0 aliphatic heterocycles. The standard InChI is InChI=1S/C14H9ClIN3/c15-9-2-1-3-11(6-9)19-14-12-7-10(16)4-5-13(12)17-8-18-14/h1-8H,(H,17,18,19). The Morgan fingerprint density at radius 1 is 1.05 bits per heavy atom. The topological polar surface area (TPSA) is 37.8 Å². The number of nitrogens with one attached hydrogen (secondary N) is 1. The van der Waals surface area contributed by atoms with Crippen molar-refractivity contribution in [3.63, 3.8) is 0 Å². The van der Waals surface area contributed by atoms with Gasteiger partial charge < -0.3 is 5.32 Å². The molecule has 0 saturated heterocycles. The van der Waals surface area contributed by atoms with Gasteiger partial charge in [0, 0.05) is 19.7 Å². The van der Waals surface area contributed by atoms with Crippen molar-refractivity contribution in [1.29, 1.82) is 0 Å². The monoisotopic (exact) mass is 381 g/mol. The third kappa shape index (κ3) is 2.79. The van der Waals surface area contributed by atoms with Gasteiger partial charge in [0.2, 0.25) is 0 Å². The van der Waals surface area contributed by atoms with E-state index in [4.69, 9.17) is 11.6 Å². The van der Waals surface area contributed by atoms with Crippen molar-refractivity contribution in [3.8, 4) is 0 Å². The minimum Gasteiger partial charge on any atom is -0.340 e. The van der Waals surface area contributed by atoms with Gasteiger partial charge in [0.1, 0.15) is 12.1 Å². The molecule has 1 N–H and O–H groups in total. The van der Waals surface area contributed by atoms with Crippen LogP contribution in [0, 0.1) is 3.57 Å². The van der Waals surface area contributed by atoms with Crippen LogP contribution >= 0.6 is 34.2 Å². The Balaban J connectivity index is 2.07. The first-order valence-corrected chi connectivity index (χ1v) is 7.11. The zero-order chi connectivity index (χ0) is 13.2. The summed E-state index contributed by atoms with van der Waals surface area (Å²) in [4.78, 5) is 8.57. The molecule has 0 saturated carbocycles. The van der Waals surface area contributed by atoms with Gasteiger partial charge in [-0.3, -0.25) is 0 Å². The average molecular weight is 382 g/mol. The van der Waals surface area contributed by atoms with E-state index in [-0.39, 0.29) is 0 Å². The highest BCUT2D eigenvalue weighted by Crippen LogP contribution is 2.25. The van der Waals surface area contributed by atoms with Gasteiger partial charge in [-0.25, -0.2) is 9.97 Å². The maximum absolute atomic E-state index is 5.98. The van der Waals surface area contributed by atoms with Crippen molar-refractivity contribution in [2.75, 3.05) is 5.32 Å². The Kier molecular flexibility index (Phi) is 3.52. The van der Waals surface area contributed by atoms with Crippen LogP contribution in [0.5, 0.6) is 0 Å². The van der Waals surface area contributed by atoms with E-state index in [0.29, 0.717) is 5.02 Å². The number of anilines is 2. The molecule has 1 heterocycles. The van der Waals surface area contributed by atoms with Crippen LogP contribution in [0.25, 0.3) is 10.9 Å². The first-order valence-electron chi connectivity index (χ1n) is 5.65. The molecule has 0 unspecified atom stereocenters. The fourth-order valence-electron chi connectivity index (χ4n) is 1.83. The average Bonchev–Trinajstić information content (AvgIpc) is 2.39. The highest BCUT2D eigenvalue weighted by molar-refractivity contribution is 14.1. The zero-order valence-electron chi connectivity index (χ0n) is 9.77. The van der Waals surface area contributed by atoms with E-state index in [1.165, 1.54) is 0 Å². The van der Waals surface area contributed by atoms with Crippen LogP contribution in [-0.4, -0.2) is 9.97 Å². The molecule has 0 fully saturated rings. The van der Waals surface area contributed by atoms with Gasteiger partial charge in [0.25, 0.3) is 0 Å². The third-order valence-corrected chi connectivity index (χ3v) is 3.59. The lowest BCUT2D eigenvalue weighted by Crippen LogP contribution is -1.96. The van der Waals surface area contributed by atoms with Crippen molar-refractivity contribution in [1.82, 2.24) is 9.97 Å². The Hall–Kier alpha value is -1.40. The van der Waals surface area contributed by atoms with Crippen LogP contribution in [0.3, 0.4) is 0 Å². The fraction of sp³-hybridized carbons (Fsp3) is 0. The maximum Gasteiger partial charge on any atom is 0.141 e. The number of hydrogen-bond acceptors (Lipinski definition) is 3. The quantitative estimate of drug-likeness (QED) is 0.658. The predicted molar refractivity (Wildman–Crippen MR) is 87.0 cm³/mol. The summed E-state index contributed by atoms with van der Waals surface area (Å²) in [5.74, 6) is 0.783. The molecule has 94 valence electrons. The maximum atomic E-state index is 5.98. The minimum atomic E-state index is 0.693. The first kappa shape index (κ1) is 12.6. The van der Waals surface area contributed by atoms with Crippen molar-refractivity contribution in [2.45, 2.75) is 0 Å². The summed E-state index contributed by atoms with van der Waals surface area (Å²) < 4.78 is 1.15. The van der Waals surface area contributed by atoms with Gasteiger partial charge in [0.05, 0.1) is 5.52 Å². The lowest BCUT2D eigenvalue weighted by atomic mass is 10.2. The molecule has 5 heteroatoms. The lowest BCUT2D eigenvalue weighted by molar-refractivity contribution is 1.22. The second-order valence-electron chi connectivity index (χ2n) is 4.02. The summed E-state index contributed by atoms with van der Waals surface area (Å²) in [7, 11) is 0. The van der Waals surface area contributed by atoms with E-state index in [9.17, 15) is 0 Å². The summed E-state index contributed by atoms with van der Waals surface area (Å²) in [5, 5.41) is 4.96. The van der Waals surface area contributed by atoms with Crippen LogP contribution in [0.2, 0.25) is 5.02 Å². The number of aromatic nitrogens is 2. The summed E-state index contributed by atoms with van der Waals surface area (Å²) in [6, 6.07) is 13.6. The molecular weight excluding hydrogens is 373 g/mol. The molecule has 0 radical (unpaired) electrons. The molecule has 0 aliphatic rings. The number of halogens is 2. The van der Waals surface area contributed by atoms with E-state index >= 15 is 0 Å². The highest BCUT2D eigenvalue weighted by atomic mass is 127. The summed E-state index contributed by atoms with van der Waals surface area (Å²) in [6.07, 6.45) is 1.56. The van der Waals surface area contributed by atoms with Crippen LogP contribution in [0.1, 0.15) is 0 Å². The normalized spacial score (nSPS) is 10.6. The summed E-state index contributed by atoms with van der Waals surface area (Å²) in [6.45, 7) is 0. The number of rotatable bonds is 2. The molecule has 19 heavy (non-hydrogen) atoms. The number of hydrogen-bond donors (Lipinski definition) is 1. The lowest BCUT2D eigenvalue weighted by Gasteiger charge is -2.08. The Labute approximate surface area is 129 Å². The number of benzene rings is 2. The molecule has 2 aromatic carbocycles.